The van der Waals surface area contributed by atoms with Gasteiger partial charge < -0.3 is 14.5 Å². The monoisotopic (exact) mass is 415 g/mol. The van der Waals surface area contributed by atoms with Crippen molar-refractivity contribution in [3.05, 3.63) is 35.9 Å². The fourth-order valence-corrected chi connectivity index (χ4v) is 4.30. The molecule has 0 unspecified atom stereocenters. The molecule has 162 valence electrons. The fraction of sp³-hybridized carbons (Fsp3) is 0.545. The summed E-state index contributed by atoms with van der Waals surface area (Å²) in [5.41, 5.74) is 0.0726. The van der Waals surface area contributed by atoms with E-state index in [0.717, 1.165) is 5.56 Å². The van der Waals surface area contributed by atoms with Crippen LogP contribution in [0.5, 0.6) is 0 Å². The highest BCUT2D eigenvalue weighted by molar-refractivity contribution is 6.07. The summed E-state index contributed by atoms with van der Waals surface area (Å²) in [7, 11) is 1.33. The van der Waals surface area contributed by atoms with Crippen molar-refractivity contribution in [2.24, 2.45) is 0 Å². The number of amides is 4. The number of carbonyl (C=O) groups excluding carboxylic acids is 4. The summed E-state index contributed by atoms with van der Waals surface area (Å²) in [6.45, 7) is 3.34. The lowest BCUT2D eigenvalue weighted by atomic mass is 9.85. The smallest absolute Gasteiger partial charge is 0.327 e. The molecule has 0 bridgehead atoms. The third-order valence-corrected chi connectivity index (χ3v) is 6.06. The quantitative estimate of drug-likeness (QED) is 0.503. The molecule has 8 heteroatoms. The SMILES string of the molecule is CCN1C(=O)N(Cc2ccccc2)C2(CCN(C(=O)CCCC(=O)OC)CC2)C1=O. The Kier molecular flexibility index (Phi) is 6.74. The molecule has 3 rings (SSSR count). The molecular weight excluding hydrogens is 386 g/mol. The van der Waals surface area contributed by atoms with Gasteiger partial charge in [0.25, 0.3) is 5.91 Å². The number of piperidine rings is 1. The lowest BCUT2D eigenvalue weighted by Gasteiger charge is -2.42. The highest BCUT2D eigenvalue weighted by Crippen LogP contribution is 2.38. The minimum atomic E-state index is -0.897. The Balaban J connectivity index is 1.69. The minimum absolute atomic E-state index is 0.0347. The predicted octanol–water partition coefficient (Wildman–Crippen LogP) is 2.18. The number of carbonyl (C=O) groups is 4. The van der Waals surface area contributed by atoms with E-state index in [1.54, 1.807) is 16.7 Å². The van der Waals surface area contributed by atoms with E-state index < -0.39 is 5.54 Å². The third kappa shape index (κ3) is 4.17. The number of benzene rings is 1. The zero-order valence-electron chi connectivity index (χ0n) is 17.6. The molecule has 0 aromatic heterocycles. The number of likely N-dealkylation sites (tertiary alicyclic amines) is 1. The van der Waals surface area contributed by atoms with Gasteiger partial charge in [0.15, 0.2) is 0 Å². The van der Waals surface area contributed by atoms with E-state index in [1.165, 1.54) is 12.0 Å². The molecule has 1 spiro atoms. The van der Waals surface area contributed by atoms with Crippen LogP contribution in [0.2, 0.25) is 0 Å². The average Bonchev–Trinajstić information content (AvgIpc) is 2.95. The van der Waals surface area contributed by atoms with E-state index in [-0.39, 0.29) is 36.7 Å². The standard InChI is InChI=1S/C22H29N3O5/c1-3-24-20(28)22(25(21(24)29)16-17-8-5-4-6-9-17)12-14-23(15-13-22)18(26)10-7-11-19(27)30-2/h4-6,8-9H,3,7,10-16H2,1-2H3. The van der Waals surface area contributed by atoms with Crippen LogP contribution in [0.4, 0.5) is 4.79 Å². The summed E-state index contributed by atoms with van der Waals surface area (Å²) in [6, 6.07) is 9.37. The summed E-state index contributed by atoms with van der Waals surface area (Å²) in [6.07, 6.45) is 1.76. The maximum atomic E-state index is 13.2. The van der Waals surface area contributed by atoms with Crippen LogP contribution in [0, 0.1) is 0 Å². The molecule has 0 aliphatic carbocycles. The summed E-state index contributed by atoms with van der Waals surface area (Å²) in [5.74, 6) is -0.525. The number of esters is 1. The lowest BCUT2D eigenvalue weighted by Crippen LogP contribution is -2.57. The van der Waals surface area contributed by atoms with E-state index in [0.29, 0.717) is 45.4 Å². The number of ether oxygens (including phenoxy) is 1. The first kappa shape index (κ1) is 21.8. The molecule has 8 nitrogen and oxygen atoms in total. The first-order valence-corrected chi connectivity index (χ1v) is 10.4. The lowest BCUT2D eigenvalue weighted by molar-refractivity contribution is -0.142. The summed E-state index contributed by atoms with van der Waals surface area (Å²) < 4.78 is 4.60. The van der Waals surface area contributed by atoms with Crippen molar-refractivity contribution < 1.29 is 23.9 Å². The zero-order valence-corrected chi connectivity index (χ0v) is 17.6. The van der Waals surface area contributed by atoms with Crippen LogP contribution in [0.3, 0.4) is 0 Å². The van der Waals surface area contributed by atoms with Gasteiger partial charge >= 0.3 is 12.0 Å². The van der Waals surface area contributed by atoms with Crippen LogP contribution in [0.1, 0.15) is 44.6 Å². The second kappa shape index (κ2) is 9.28. The normalized spacial score (nSPS) is 18.3. The zero-order chi connectivity index (χ0) is 21.7. The van der Waals surface area contributed by atoms with Crippen molar-refractivity contribution >= 4 is 23.8 Å². The number of hydrogen-bond acceptors (Lipinski definition) is 5. The van der Waals surface area contributed by atoms with Gasteiger partial charge in [0.2, 0.25) is 5.91 Å². The average molecular weight is 415 g/mol. The Hall–Kier alpha value is -2.90. The van der Waals surface area contributed by atoms with Gasteiger partial charge in [-0.3, -0.25) is 19.3 Å². The molecule has 2 saturated heterocycles. The first-order chi connectivity index (χ1) is 14.4. The summed E-state index contributed by atoms with van der Waals surface area (Å²) in [4.78, 5) is 54.6. The van der Waals surface area contributed by atoms with Gasteiger partial charge in [-0.1, -0.05) is 30.3 Å². The van der Waals surface area contributed by atoms with E-state index in [2.05, 4.69) is 4.74 Å². The van der Waals surface area contributed by atoms with Gasteiger partial charge in [-0.05, 0) is 31.7 Å². The molecule has 4 amide bonds. The molecule has 2 heterocycles. The van der Waals surface area contributed by atoms with Crippen LogP contribution in [0.25, 0.3) is 0 Å². The van der Waals surface area contributed by atoms with Crippen molar-refractivity contribution in [1.82, 2.24) is 14.7 Å². The van der Waals surface area contributed by atoms with Gasteiger partial charge in [-0.15, -0.1) is 0 Å². The highest BCUT2D eigenvalue weighted by atomic mass is 16.5. The van der Waals surface area contributed by atoms with Crippen LogP contribution in [0.15, 0.2) is 30.3 Å². The van der Waals surface area contributed by atoms with Crippen molar-refractivity contribution in [1.29, 1.82) is 0 Å². The number of imide groups is 1. The molecule has 2 aliphatic rings. The van der Waals surface area contributed by atoms with Crippen molar-refractivity contribution in [3.63, 3.8) is 0 Å². The minimum Gasteiger partial charge on any atom is -0.469 e. The van der Waals surface area contributed by atoms with Crippen LogP contribution in [-0.2, 0) is 25.7 Å². The largest absolute Gasteiger partial charge is 0.469 e. The summed E-state index contributed by atoms with van der Waals surface area (Å²) >= 11 is 0. The predicted molar refractivity (Wildman–Crippen MR) is 109 cm³/mol. The second-order valence-corrected chi connectivity index (χ2v) is 7.75. The molecule has 2 fully saturated rings. The molecule has 0 N–H and O–H groups in total. The van der Waals surface area contributed by atoms with Crippen LogP contribution < -0.4 is 0 Å². The van der Waals surface area contributed by atoms with Gasteiger partial charge in [0.05, 0.1) is 7.11 Å². The van der Waals surface area contributed by atoms with E-state index in [1.807, 2.05) is 30.3 Å². The molecule has 1 aromatic carbocycles. The van der Waals surface area contributed by atoms with Gasteiger partial charge in [-0.25, -0.2) is 4.79 Å². The highest BCUT2D eigenvalue weighted by Gasteiger charge is 2.57. The molecule has 0 radical (unpaired) electrons. The van der Waals surface area contributed by atoms with Gasteiger partial charge in [0, 0.05) is 39.0 Å². The topological polar surface area (TPSA) is 87.2 Å². The van der Waals surface area contributed by atoms with Crippen LogP contribution >= 0.6 is 0 Å². The summed E-state index contributed by atoms with van der Waals surface area (Å²) in [5, 5.41) is 0. The maximum Gasteiger partial charge on any atom is 0.327 e. The first-order valence-electron chi connectivity index (χ1n) is 10.4. The van der Waals surface area contributed by atoms with E-state index in [9.17, 15) is 19.2 Å². The maximum absolute atomic E-state index is 13.2. The number of likely N-dealkylation sites (N-methyl/N-ethyl adjacent to an activating group) is 1. The van der Waals surface area contributed by atoms with E-state index in [4.69, 9.17) is 0 Å². The number of rotatable bonds is 7. The van der Waals surface area contributed by atoms with Gasteiger partial charge in [-0.2, -0.15) is 0 Å². The fourth-order valence-electron chi connectivity index (χ4n) is 4.30. The Bertz CT molecular complexity index is 802. The molecule has 1 aromatic rings. The molecule has 2 aliphatic heterocycles. The molecule has 30 heavy (non-hydrogen) atoms. The molecular formula is C22H29N3O5. The Morgan fingerprint density at radius 1 is 1.07 bits per heavy atom. The van der Waals surface area contributed by atoms with Gasteiger partial charge in [0.1, 0.15) is 5.54 Å². The van der Waals surface area contributed by atoms with E-state index >= 15 is 0 Å². The number of urea groups is 1. The van der Waals surface area contributed by atoms with Crippen molar-refractivity contribution in [2.75, 3.05) is 26.7 Å². The number of nitrogens with zero attached hydrogens (tertiary/aromatic N) is 3. The Morgan fingerprint density at radius 3 is 2.33 bits per heavy atom. The molecule has 0 saturated carbocycles. The number of methoxy groups -OCH3 is 1. The number of hydrogen-bond donors (Lipinski definition) is 0. The van der Waals surface area contributed by atoms with Crippen molar-refractivity contribution in [2.45, 2.75) is 51.1 Å². The van der Waals surface area contributed by atoms with Crippen LogP contribution in [-0.4, -0.2) is 70.8 Å². The third-order valence-electron chi connectivity index (χ3n) is 6.06. The Labute approximate surface area is 176 Å². The van der Waals surface area contributed by atoms with Crippen molar-refractivity contribution in [3.8, 4) is 0 Å². The molecule has 0 atom stereocenters. The Morgan fingerprint density at radius 2 is 1.73 bits per heavy atom. The second-order valence-electron chi connectivity index (χ2n) is 7.75.